The Morgan fingerprint density at radius 1 is 1.07 bits per heavy atom. The molecule has 1 aromatic rings. The van der Waals surface area contributed by atoms with Crippen LogP contribution in [-0.2, 0) is 35.2 Å². The SMILES string of the molecule is CC(=O)N[C@@H]1C(=O)NC(Cc2cnc[nH]2)C(=O)NC(C)C(=O)NC(C(C)C)C(=O)N[C@H](C(N)=O)CSSC1(C)C. The number of hydrogen-bond donors (Lipinski definition) is 7. The van der Waals surface area contributed by atoms with Gasteiger partial charge in [-0.2, -0.15) is 0 Å². The quantitative estimate of drug-likeness (QED) is 0.201. The lowest BCUT2D eigenvalue weighted by Gasteiger charge is -2.34. The van der Waals surface area contributed by atoms with Crippen molar-refractivity contribution < 1.29 is 28.8 Å². The van der Waals surface area contributed by atoms with Gasteiger partial charge in [0.1, 0.15) is 30.2 Å². The van der Waals surface area contributed by atoms with Crippen molar-refractivity contribution in [3.63, 3.8) is 0 Å². The van der Waals surface area contributed by atoms with E-state index in [9.17, 15) is 28.8 Å². The van der Waals surface area contributed by atoms with Gasteiger partial charge in [-0.05, 0) is 26.7 Å². The van der Waals surface area contributed by atoms with Crippen molar-refractivity contribution >= 4 is 57.0 Å². The molecule has 3 unspecified atom stereocenters. The van der Waals surface area contributed by atoms with Crippen LogP contribution in [0.5, 0.6) is 0 Å². The van der Waals surface area contributed by atoms with E-state index in [2.05, 4.69) is 36.6 Å². The summed E-state index contributed by atoms with van der Waals surface area (Å²) in [4.78, 5) is 83.8. The van der Waals surface area contributed by atoms with Crippen molar-refractivity contribution in [2.75, 3.05) is 5.75 Å². The molecule has 1 aliphatic heterocycles. The third kappa shape index (κ3) is 9.43. The minimum Gasteiger partial charge on any atom is -0.368 e. The average Bonchev–Trinajstić information content (AvgIpc) is 3.36. The van der Waals surface area contributed by atoms with Crippen LogP contribution in [0.2, 0.25) is 0 Å². The Kier molecular flexibility index (Phi) is 11.8. The van der Waals surface area contributed by atoms with E-state index in [0.29, 0.717) is 5.69 Å². The third-order valence-corrected chi connectivity index (χ3v) is 9.39. The number of carbonyl (C=O) groups excluding carboxylic acids is 6. The number of rotatable bonds is 5. The molecule has 5 atom stereocenters. The first kappa shape index (κ1) is 32.9. The van der Waals surface area contributed by atoms with Gasteiger partial charge in [0.2, 0.25) is 35.4 Å². The lowest BCUT2D eigenvalue weighted by molar-refractivity contribution is -0.135. The standard InChI is InChI=1S/C24H38N8O6S2/c1-11(2)17-22(37)31-16(19(25)34)9-39-40-24(5,6)18(29-13(4)33)23(38)30-15(7-14-8-26-10-27-14)21(36)28-12(3)20(35)32-17/h8,10-12,15-18H,7,9H2,1-6H3,(H2,25,34)(H,26,27)(H,28,36)(H,29,33)(H,30,38)(H,31,37)(H,32,35)/t12?,15?,16-,17?,18+/m0/s1. The number of primary amides is 1. The predicted molar refractivity (Wildman–Crippen MR) is 151 cm³/mol. The van der Waals surface area contributed by atoms with Gasteiger partial charge in [-0.1, -0.05) is 35.4 Å². The van der Waals surface area contributed by atoms with Gasteiger partial charge in [-0.25, -0.2) is 4.98 Å². The molecular formula is C24H38N8O6S2. The summed E-state index contributed by atoms with van der Waals surface area (Å²) in [5, 5.41) is 13.1. The molecule has 2 rings (SSSR count). The summed E-state index contributed by atoms with van der Waals surface area (Å²) < 4.78 is -0.944. The first-order valence-corrected chi connectivity index (χ1v) is 15.0. The summed E-state index contributed by atoms with van der Waals surface area (Å²) >= 11 is 0. The van der Waals surface area contributed by atoms with E-state index in [1.54, 1.807) is 27.7 Å². The van der Waals surface area contributed by atoms with Crippen molar-refractivity contribution in [3.8, 4) is 0 Å². The minimum atomic E-state index is -1.13. The molecule has 0 saturated carbocycles. The fraction of sp³-hybridized carbons (Fsp3) is 0.625. The van der Waals surface area contributed by atoms with E-state index in [1.807, 2.05) is 0 Å². The van der Waals surface area contributed by atoms with Crippen LogP contribution in [-0.4, -0.2) is 86.1 Å². The summed E-state index contributed by atoms with van der Waals surface area (Å²) in [6.45, 7) is 9.60. The molecule has 0 aliphatic carbocycles. The molecule has 0 radical (unpaired) electrons. The highest BCUT2D eigenvalue weighted by Gasteiger charge is 2.40. The number of aromatic amines is 1. The van der Waals surface area contributed by atoms with Gasteiger partial charge in [-0.15, -0.1) is 0 Å². The topological polar surface area (TPSA) is 217 Å². The first-order valence-electron chi connectivity index (χ1n) is 12.7. The van der Waals surface area contributed by atoms with Gasteiger partial charge in [0.15, 0.2) is 0 Å². The Bertz CT molecular complexity index is 1100. The molecule has 0 aromatic carbocycles. The molecule has 6 amide bonds. The number of imidazole rings is 1. The second-order valence-electron chi connectivity index (χ2n) is 10.4. The Morgan fingerprint density at radius 2 is 1.75 bits per heavy atom. The number of H-pyrrole nitrogens is 1. The summed E-state index contributed by atoms with van der Waals surface area (Å²) in [6, 6.07) is -5.39. The van der Waals surface area contributed by atoms with Crippen LogP contribution in [0.1, 0.15) is 47.2 Å². The zero-order valence-electron chi connectivity index (χ0n) is 23.3. The van der Waals surface area contributed by atoms with Gasteiger partial charge in [0.25, 0.3) is 0 Å². The highest BCUT2D eigenvalue weighted by Crippen LogP contribution is 2.38. The summed E-state index contributed by atoms with van der Waals surface area (Å²) in [5.41, 5.74) is 6.09. The molecule has 222 valence electrons. The highest BCUT2D eigenvalue weighted by molar-refractivity contribution is 8.77. The normalized spacial score (nSPS) is 27.0. The summed E-state index contributed by atoms with van der Waals surface area (Å²) in [5.74, 6) is -4.07. The number of nitrogens with zero attached hydrogens (tertiary/aromatic N) is 1. The molecule has 8 N–H and O–H groups in total. The number of nitrogens with one attached hydrogen (secondary N) is 6. The van der Waals surface area contributed by atoms with Crippen molar-refractivity contribution in [2.45, 2.75) is 82.9 Å². The monoisotopic (exact) mass is 598 g/mol. The maximum atomic E-state index is 13.5. The fourth-order valence-corrected chi connectivity index (χ4v) is 6.62. The van der Waals surface area contributed by atoms with Gasteiger partial charge in [0.05, 0.1) is 6.33 Å². The molecule has 0 bridgehead atoms. The van der Waals surface area contributed by atoms with Crippen molar-refractivity contribution in [3.05, 3.63) is 18.2 Å². The van der Waals surface area contributed by atoms with Crippen LogP contribution in [0.15, 0.2) is 12.5 Å². The van der Waals surface area contributed by atoms with Crippen molar-refractivity contribution in [2.24, 2.45) is 11.7 Å². The molecule has 16 heteroatoms. The van der Waals surface area contributed by atoms with Gasteiger partial charge < -0.3 is 37.3 Å². The zero-order valence-corrected chi connectivity index (χ0v) is 25.0. The molecule has 2 heterocycles. The number of amides is 6. The van der Waals surface area contributed by atoms with Crippen molar-refractivity contribution in [1.29, 1.82) is 0 Å². The van der Waals surface area contributed by atoms with Gasteiger partial charge in [-0.3, -0.25) is 28.8 Å². The second kappa shape index (κ2) is 14.4. The van der Waals surface area contributed by atoms with Crippen molar-refractivity contribution in [1.82, 2.24) is 36.6 Å². The highest BCUT2D eigenvalue weighted by atomic mass is 33.1. The Balaban J connectivity index is 2.48. The number of aromatic nitrogens is 2. The number of carbonyl (C=O) groups is 6. The van der Waals surface area contributed by atoms with E-state index in [4.69, 9.17) is 5.73 Å². The van der Waals surface area contributed by atoms with Gasteiger partial charge in [0, 0.05) is 35.7 Å². The van der Waals surface area contributed by atoms with Crippen LogP contribution in [0.3, 0.4) is 0 Å². The molecule has 14 nitrogen and oxygen atoms in total. The Labute approximate surface area is 240 Å². The lowest BCUT2D eigenvalue weighted by Crippen LogP contribution is -2.61. The number of hydrogen-bond acceptors (Lipinski definition) is 9. The second-order valence-corrected chi connectivity index (χ2v) is 13.4. The molecule has 40 heavy (non-hydrogen) atoms. The fourth-order valence-electron chi connectivity index (χ4n) is 3.79. The Hall–Kier alpha value is -3.27. The Morgan fingerprint density at radius 3 is 2.30 bits per heavy atom. The van der Waals surface area contributed by atoms with E-state index in [-0.39, 0.29) is 18.1 Å². The molecule has 1 aliphatic rings. The van der Waals surface area contributed by atoms with Gasteiger partial charge >= 0.3 is 0 Å². The van der Waals surface area contributed by atoms with E-state index >= 15 is 0 Å². The molecular weight excluding hydrogens is 560 g/mol. The van der Waals surface area contributed by atoms with E-state index < -0.39 is 70.4 Å². The largest absolute Gasteiger partial charge is 0.368 e. The lowest BCUT2D eigenvalue weighted by atomic mass is 10.0. The summed E-state index contributed by atoms with van der Waals surface area (Å²) in [7, 11) is 2.38. The third-order valence-electron chi connectivity index (χ3n) is 6.08. The smallest absolute Gasteiger partial charge is 0.244 e. The number of nitrogens with two attached hydrogens (primary N) is 1. The van der Waals surface area contributed by atoms with Crippen LogP contribution >= 0.6 is 21.6 Å². The van der Waals surface area contributed by atoms with Crippen LogP contribution in [0, 0.1) is 5.92 Å². The minimum absolute atomic E-state index is 0.0261. The van der Waals surface area contributed by atoms with Crippen LogP contribution < -0.4 is 32.3 Å². The molecule has 1 aromatic heterocycles. The maximum Gasteiger partial charge on any atom is 0.244 e. The molecule has 0 spiro atoms. The predicted octanol–water partition coefficient (Wildman–Crippen LogP) is -1.27. The maximum absolute atomic E-state index is 13.5. The van der Waals surface area contributed by atoms with E-state index in [1.165, 1.54) is 48.0 Å². The summed E-state index contributed by atoms with van der Waals surface area (Å²) in [6.07, 6.45) is 2.95. The molecule has 1 saturated heterocycles. The van der Waals surface area contributed by atoms with Crippen LogP contribution in [0.25, 0.3) is 0 Å². The average molecular weight is 599 g/mol. The van der Waals surface area contributed by atoms with E-state index in [0.717, 1.165) is 0 Å². The zero-order chi connectivity index (χ0) is 30.2. The van der Waals surface area contributed by atoms with Crippen LogP contribution in [0.4, 0.5) is 0 Å². The molecule has 1 fully saturated rings. The first-order chi connectivity index (χ1) is 18.6.